The number of hydrogen-bond donors (Lipinski definition) is 3. The van der Waals surface area contributed by atoms with Crippen molar-refractivity contribution in [3.8, 4) is 0 Å². The Morgan fingerprint density at radius 1 is 1.56 bits per heavy atom. The van der Waals surface area contributed by atoms with Gasteiger partial charge in [-0.15, -0.1) is 0 Å². The summed E-state index contributed by atoms with van der Waals surface area (Å²) in [5, 5.41) is 14.5. The van der Waals surface area contributed by atoms with Crippen LogP contribution < -0.4 is 10.6 Å². The van der Waals surface area contributed by atoms with Crippen molar-refractivity contribution in [3.05, 3.63) is 0 Å². The van der Waals surface area contributed by atoms with Crippen LogP contribution in [-0.4, -0.2) is 36.6 Å². The van der Waals surface area contributed by atoms with Crippen LogP contribution in [0.25, 0.3) is 0 Å². The maximum atomic E-state index is 11.4. The lowest BCUT2D eigenvalue weighted by Crippen LogP contribution is -2.31. The fourth-order valence-electron chi connectivity index (χ4n) is 1.74. The number of carbonyl (C=O) groups is 2. The van der Waals surface area contributed by atoms with Gasteiger partial charge in [0.05, 0.1) is 5.92 Å². The molecule has 0 spiro atoms. The van der Waals surface area contributed by atoms with E-state index in [4.69, 9.17) is 5.11 Å². The average molecular weight is 228 g/mol. The summed E-state index contributed by atoms with van der Waals surface area (Å²) in [6.07, 6.45) is 2.53. The normalized spacial score (nSPS) is 21.7. The largest absolute Gasteiger partial charge is 0.481 e. The van der Waals surface area contributed by atoms with Crippen LogP contribution in [0.1, 0.15) is 26.2 Å². The first-order valence-electron chi connectivity index (χ1n) is 5.80. The monoisotopic (exact) mass is 228 g/mol. The fraction of sp³-hybridized carbons (Fsp3) is 0.818. The molecule has 0 bridgehead atoms. The minimum atomic E-state index is -0.875. The van der Waals surface area contributed by atoms with Gasteiger partial charge in [0.2, 0.25) is 5.91 Å². The Morgan fingerprint density at radius 2 is 2.31 bits per heavy atom. The average Bonchev–Trinajstić information content (AvgIpc) is 2.75. The Labute approximate surface area is 95.6 Å². The van der Waals surface area contributed by atoms with Crippen LogP contribution >= 0.6 is 0 Å². The minimum Gasteiger partial charge on any atom is -0.481 e. The van der Waals surface area contributed by atoms with E-state index >= 15 is 0 Å². The van der Waals surface area contributed by atoms with Crippen LogP contribution in [0.3, 0.4) is 0 Å². The van der Waals surface area contributed by atoms with Crippen molar-refractivity contribution in [2.45, 2.75) is 26.2 Å². The summed E-state index contributed by atoms with van der Waals surface area (Å²) in [5.41, 5.74) is 0. The molecule has 1 aliphatic rings. The van der Waals surface area contributed by atoms with Gasteiger partial charge >= 0.3 is 5.97 Å². The summed E-state index contributed by atoms with van der Waals surface area (Å²) < 4.78 is 0. The molecule has 0 saturated carbocycles. The Hall–Kier alpha value is -1.10. The predicted molar refractivity (Wildman–Crippen MR) is 60.0 cm³/mol. The van der Waals surface area contributed by atoms with Crippen LogP contribution in [0.2, 0.25) is 0 Å². The lowest BCUT2D eigenvalue weighted by atomic mass is 10.0. The molecule has 1 saturated heterocycles. The first kappa shape index (κ1) is 13.0. The van der Waals surface area contributed by atoms with Crippen molar-refractivity contribution < 1.29 is 14.7 Å². The van der Waals surface area contributed by atoms with E-state index in [2.05, 4.69) is 10.6 Å². The highest BCUT2D eigenvalue weighted by atomic mass is 16.4. The zero-order valence-corrected chi connectivity index (χ0v) is 9.66. The van der Waals surface area contributed by atoms with Gasteiger partial charge in [0.15, 0.2) is 0 Å². The second-order valence-corrected chi connectivity index (χ2v) is 4.44. The summed E-state index contributed by atoms with van der Waals surface area (Å²) in [6, 6.07) is 0. The fourth-order valence-corrected chi connectivity index (χ4v) is 1.74. The number of carbonyl (C=O) groups excluding carboxylic acids is 1. The van der Waals surface area contributed by atoms with E-state index in [0.29, 0.717) is 12.3 Å². The molecule has 0 aromatic carbocycles. The summed E-state index contributed by atoms with van der Waals surface area (Å²) in [7, 11) is 0. The van der Waals surface area contributed by atoms with Crippen LogP contribution in [0.15, 0.2) is 0 Å². The quantitative estimate of drug-likeness (QED) is 0.607. The molecule has 1 amide bonds. The van der Waals surface area contributed by atoms with Crippen LogP contribution in [-0.2, 0) is 9.59 Å². The number of rotatable bonds is 6. The molecular weight excluding hydrogens is 208 g/mol. The molecule has 0 aliphatic carbocycles. The van der Waals surface area contributed by atoms with Crippen LogP contribution in [0.4, 0.5) is 0 Å². The van der Waals surface area contributed by atoms with E-state index in [0.717, 1.165) is 25.9 Å². The van der Waals surface area contributed by atoms with Crippen molar-refractivity contribution in [1.29, 1.82) is 0 Å². The van der Waals surface area contributed by atoms with Gasteiger partial charge in [-0.05, 0) is 31.8 Å². The Morgan fingerprint density at radius 3 is 2.88 bits per heavy atom. The molecule has 0 radical (unpaired) electrons. The van der Waals surface area contributed by atoms with Crippen LogP contribution in [0, 0.1) is 11.8 Å². The third kappa shape index (κ3) is 4.61. The van der Waals surface area contributed by atoms with E-state index in [9.17, 15) is 9.59 Å². The van der Waals surface area contributed by atoms with Gasteiger partial charge in [-0.1, -0.05) is 6.92 Å². The highest BCUT2D eigenvalue weighted by Gasteiger charge is 2.16. The number of amides is 1. The van der Waals surface area contributed by atoms with Gasteiger partial charge in [-0.2, -0.15) is 0 Å². The molecule has 0 aromatic rings. The molecule has 1 heterocycles. The molecule has 1 fully saturated rings. The minimum absolute atomic E-state index is 0.0417. The smallest absolute Gasteiger partial charge is 0.308 e. The van der Waals surface area contributed by atoms with Crippen molar-refractivity contribution in [2.75, 3.05) is 19.6 Å². The van der Waals surface area contributed by atoms with Crippen LogP contribution in [0.5, 0.6) is 0 Å². The molecule has 5 heteroatoms. The molecule has 3 N–H and O–H groups in total. The predicted octanol–water partition coefficient (Wildman–Crippen LogP) is 0.213. The second-order valence-electron chi connectivity index (χ2n) is 4.44. The lowest BCUT2D eigenvalue weighted by Gasteiger charge is -2.10. The van der Waals surface area contributed by atoms with Gasteiger partial charge in [0.25, 0.3) is 0 Å². The molecule has 92 valence electrons. The highest BCUT2D eigenvalue weighted by molar-refractivity contribution is 5.77. The number of aliphatic carboxylic acids is 1. The van der Waals surface area contributed by atoms with Gasteiger partial charge < -0.3 is 15.7 Å². The summed E-state index contributed by atoms with van der Waals surface area (Å²) in [6.45, 7) is 3.85. The SMILES string of the molecule is CC(CNC(=O)CCC1CCNC1)C(=O)O. The van der Waals surface area contributed by atoms with Gasteiger partial charge in [0, 0.05) is 13.0 Å². The topological polar surface area (TPSA) is 78.4 Å². The van der Waals surface area contributed by atoms with E-state index in [1.165, 1.54) is 0 Å². The van der Waals surface area contributed by atoms with Crippen molar-refractivity contribution in [2.24, 2.45) is 11.8 Å². The summed E-state index contributed by atoms with van der Waals surface area (Å²) >= 11 is 0. The Bertz CT molecular complexity index is 250. The van der Waals surface area contributed by atoms with E-state index in [-0.39, 0.29) is 12.5 Å². The maximum Gasteiger partial charge on any atom is 0.308 e. The van der Waals surface area contributed by atoms with E-state index in [1.807, 2.05) is 0 Å². The molecule has 2 atom stereocenters. The van der Waals surface area contributed by atoms with Gasteiger partial charge in [0.1, 0.15) is 0 Å². The third-order valence-corrected chi connectivity index (χ3v) is 2.97. The summed E-state index contributed by atoms with van der Waals surface area (Å²) in [4.78, 5) is 21.9. The molecule has 2 unspecified atom stereocenters. The third-order valence-electron chi connectivity index (χ3n) is 2.97. The molecule has 0 aromatic heterocycles. The van der Waals surface area contributed by atoms with Gasteiger partial charge in [-0.3, -0.25) is 9.59 Å². The van der Waals surface area contributed by atoms with E-state index in [1.54, 1.807) is 6.92 Å². The molecule has 1 rings (SSSR count). The molecule has 16 heavy (non-hydrogen) atoms. The van der Waals surface area contributed by atoms with Gasteiger partial charge in [-0.25, -0.2) is 0 Å². The Kier molecular flexibility index (Phi) is 5.25. The molecular formula is C11H20N2O3. The highest BCUT2D eigenvalue weighted by Crippen LogP contribution is 2.13. The van der Waals surface area contributed by atoms with Crippen molar-refractivity contribution in [1.82, 2.24) is 10.6 Å². The summed E-state index contributed by atoms with van der Waals surface area (Å²) in [5.74, 6) is -0.833. The molecule has 1 aliphatic heterocycles. The zero-order valence-electron chi connectivity index (χ0n) is 9.66. The molecule has 5 nitrogen and oxygen atoms in total. The maximum absolute atomic E-state index is 11.4. The first-order valence-corrected chi connectivity index (χ1v) is 5.80. The zero-order chi connectivity index (χ0) is 12.0. The Balaban J connectivity index is 2.08. The first-order chi connectivity index (χ1) is 7.59. The van der Waals surface area contributed by atoms with E-state index < -0.39 is 11.9 Å². The van der Waals surface area contributed by atoms with Crippen molar-refractivity contribution in [3.63, 3.8) is 0 Å². The number of carboxylic acids is 1. The number of carboxylic acid groups (broad SMARTS) is 1. The lowest BCUT2D eigenvalue weighted by molar-refractivity contribution is -0.141. The standard InChI is InChI=1S/C11H20N2O3/c1-8(11(15)16)6-13-10(14)3-2-9-4-5-12-7-9/h8-9,12H,2-7H2,1H3,(H,13,14)(H,15,16). The number of nitrogens with one attached hydrogen (secondary N) is 2. The second kappa shape index (κ2) is 6.48. The van der Waals surface area contributed by atoms with Crippen molar-refractivity contribution >= 4 is 11.9 Å². The number of hydrogen-bond acceptors (Lipinski definition) is 3.